The Bertz CT molecular complexity index is 353. The van der Waals surface area contributed by atoms with Gasteiger partial charge in [-0.3, -0.25) is 9.48 Å². The lowest BCUT2D eigenvalue weighted by molar-refractivity contribution is -0.132. The molecule has 1 aliphatic rings. The van der Waals surface area contributed by atoms with Crippen LogP contribution in [-0.2, 0) is 11.3 Å². The molecule has 1 aromatic rings. The van der Waals surface area contributed by atoms with Gasteiger partial charge in [0.25, 0.3) is 0 Å². The summed E-state index contributed by atoms with van der Waals surface area (Å²) in [5.41, 5.74) is 1.01. The number of hydrogen-bond donors (Lipinski definition) is 0. The number of rotatable bonds is 3. The molecule has 4 nitrogen and oxygen atoms in total. The molecular weight excluding hydrogens is 202 g/mol. The minimum atomic E-state index is 0.271. The highest BCUT2D eigenvalue weighted by atomic mass is 16.2. The summed E-state index contributed by atoms with van der Waals surface area (Å²) >= 11 is 0. The molecule has 0 bridgehead atoms. The molecule has 1 aliphatic heterocycles. The van der Waals surface area contributed by atoms with Crippen molar-refractivity contribution < 1.29 is 4.79 Å². The van der Waals surface area contributed by atoms with Crippen LogP contribution in [-0.4, -0.2) is 33.7 Å². The summed E-state index contributed by atoms with van der Waals surface area (Å²) in [7, 11) is 0. The number of aromatic nitrogens is 2. The molecule has 1 aromatic heterocycles. The highest BCUT2D eigenvalue weighted by Gasteiger charge is 2.15. The Labute approximate surface area is 96.2 Å². The van der Waals surface area contributed by atoms with Crippen molar-refractivity contribution in [2.24, 2.45) is 0 Å². The third kappa shape index (κ3) is 2.84. The number of carbonyl (C=O) groups excluding carboxylic acids is 1. The van der Waals surface area contributed by atoms with Gasteiger partial charge < -0.3 is 4.90 Å². The van der Waals surface area contributed by atoms with Gasteiger partial charge >= 0.3 is 0 Å². The lowest BCUT2D eigenvalue weighted by Crippen LogP contribution is -2.36. The standard InChI is InChI=1S/C12H19N3O/c1-11-5-9-15(13-11)10-6-12(16)14-7-3-2-4-8-14/h5,9H,2-4,6-8,10H2,1H3. The summed E-state index contributed by atoms with van der Waals surface area (Å²) in [6.45, 7) is 4.54. The van der Waals surface area contributed by atoms with E-state index in [1.54, 1.807) is 0 Å². The maximum absolute atomic E-state index is 11.9. The molecule has 0 saturated carbocycles. The number of amides is 1. The number of carbonyl (C=O) groups is 1. The predicted molar refractivity (Wildman–Crippen MR) is 62.0 cm³/mol. The van der Waals surface area contributed by atoms with Gasteiger partial charge in [-0.1, -0.05) is 0 Å². The largest absolute Gasteiger partial charge is 0.343 e. The van der Waals surface area contributed by atoms with Crippen LogP contribution in [0, 0.1) is 6.92 Å². The van der Waals surface area contributed by atoms with Crippen LogP contribution in [0.2, 0.25) is 0 Å². The van der Waals surface area contributed by atoms with Crippen LogP contribution in [0.5, 0.6) is 0 Å². The van der Waals surface area contributed by atoms with Crippen LogP contribution >= 0.6 is 0 Å². The summed E-state index contributed by atoms with van der Waals surface area (Å²) in [5, 5.41) is 4.27. The zero-order chi connectivity index (χ0) is 11.4. The van der Waals surface area contributed by atoms with Gasteiger partial charge in [0.1, 0.15) is 0 Å². The van der Waals surface area contributed by atoms with Crippen molar-refractivity contribution in [2.75, 3.05) is 13.1 Å². The van der Waals surface area contributed by atoms with Crippen molar-refractivity contribution in [3.05, 3.63) is 18.0 Å². The third-order valence-corrected chi connectivity index (χ3v) is 3.04. The fraction of sp³-hybridized carbons (Fsp3) is 0.667. The molecule has 1 amide bonds. The van der Waals surface area contributed by atoms with Gasteiger partial charge in [0.15, 0.2) is 0 Å². The van der Waals surface area contributed by atoms with Crippen LogP contribution in [0.3, 0.4) is 0 Å². The summed E-state index contributed by atoms with van der Waals surface area (Å²) in [6.07, 6.45) is 6.08. The SMILES string of the molecule is Cc1ccn(CCC(=O)N2CCCCC2)n1. The maximum Gasteiger partial charge on any atom is 0.224 e. The molecule has 0 aliphatic carbocycles. The topological polar surface area (TPSA) is 38.1 Å². The van der Waals surface area contributed by atoms with Gasteiger partial charge in [-0.2, -0.15) is 5.10 Å². The van der Waals surface area contributed by atoms with Gasteiger partial charge in [-0.05, 0) is 32.3 Å². The minimum Gasteiger partial charge on any atom is -0.343 e. The summed E-state index contributed by atoms with van der Waals surface area (Å²) < 4.78 is 1.84. The fourth-order valence-corrected chi connectivity index (χ4v) is 2.10. The molecule has 2 heterocycles. The molecule has 0 aromatic carbocycles. The Balaban J connectivity index is 1.78. The van der Waals surface area contributed by atoms with E-state index in [0.717, 1.165) is 31.6 Å². The first-order valence-electron chi connectivity index (χ1n) is 6.03. The molecule has 0 unspecified atom stereocenters. The first-order valence-corrected chi connectivity index (χ1v) is 6.03. The average molecular weight is 221 g/mol. The second kappa shape index (κ2) is 5.14. The molecule has 1 fully saturated rings. The summed E-state index contributed by atoms with van der Waals surface area (Å²) in [5.74, 6) is 0.271. The molecule has 2 rings (SSSR count). The zero-order valence-corrected chi connectivity index (χ0v) is 9.85. The van der Waals surface area contributed by atoms with Crippen LogP contribution < -0.4 is 0 Å². The highest BCUT2D eigenvalue weighted by Crippen LogP contribution is 2.10. The monoisotopic (exact) mass is 221 g/mol. The normalized spacial score (nSPS) is 16.4. The number of nitrogens with zero attached hydrogens (tertiary/aromatic N) is 3. The van der Waals surface area contributed by atoms with E-state index < -0.39 is 0 Å². The van der Waals surface area contributed by atoms with E-state index in [9.17, 15) is 4.79 Å². The average Bonchev–Trinajstić information content (AvgIpc) is 2.73. The Hall–Kier alpha value is -1.32. The first kappa shape index (κ1) is 11.2. The van der Waals surface area contributed by atoms with Gasteiger partial charge in [0, 0.05) is 32.3 Å². The lowest BCUT2D eigenvalue weighted by Gasteiger charge is -2.26. The lowest BCUT2D eigenvalue weighted by atomic mass is 10.1. The molecule has 0 spiro atoms. The fourth-order valence-electron chi connectivity index (χ4n) is 2.10. The molecule has 0 radical (unpaired) electrons. The molecule has 1 saturated heterocycles. The van der Waals surface area contributed by atoms with E-state index in [1.807, 2.05) is 28.8 Å². The van der Waals surface area contributed by atoms with E-state index in [-0.39, 0.29) is 5.91 Å². The first-order chi connectivity index (χ1) is 7.75. The molecule has 16 heavy (non-hydrogen) atoms. The van der Waals surface area contributed by atoms with Gasteiger partial charge in [-0.25, -0.2) is 0 Å². The number of hydrogen-bond acceptors (Lipinski definition) is 2. The van der Waals surface area contributed by atoms with Gasteiger partial charge in [0.2, 0.25) is 5.91 Å². The van der Waals surface area contributed by atoms with Crippen molar-refractivity contribution in [1.29, 1.82) is 0 Å². The van der Waals surface area contributed by atoms with Crippen LogP contribution in [0.1, 0.15) is 31.4 Å². The van der Waals surface area contributed by atoms with Crippen LogP contribution in [0.15, 0.2) is 12.3 Å². The quantitative estimate of drug-likeness (QED) is 0.777. The summed E-state index contributed by atoms with van der Waals surface area (Å²) in [4.78, 5) is 13.8. The van der Waals surface area contributed by atoms with E-state index >= 15 is 0 Å². The smallest absolute Gasteiger partial charge is 0.224 e. The molecule has 88 valence electrons. The van der Waals surface area contributed by atoms with Gasteiger partial charge in [0.05, 0.1) is 5.69 Å². The van der Waals surface area contributed by atoms with Crippen molar-refractivity contribution >= 4 is 5.91 Å². The van der Waals surface area contributed by atoms with Gasteiger partial charge in [-0.15, -0.1) is 0 Å². The van der Waals surface area contributed by atoms with Crippen molar-refractivity contribution in [2.45, 2.75) is 39.2 Å². The molecule has 0 atom stereocenters. The van der Waals surface area contributed by atoms with Crippen molar-refractivity contribution in [1.82, 2.24) is 14.7 Å². The Morgan fingerprint density at radius 1 is 1.38 bits per heavy atom. The Morgan fingerprint density at radius 2 is 2.12 bits per heavy atom. The molecular formula is C12H19N3O. The number of piperidine rings is 1. The summed E-state index contributed by atoms with van der Waals surface area (Å²) in [6, 6.07) is 1.96. The Kier molecular flexibility index (Phi) is 3.59. The second-order valence-electron chi connectivity index (χ2n) is 4.41. The molecule has 0 N–H and O–H groups in total. The van der Waals surface area contributed by atoms with Crippen LogP contribution in [0.25, 0.3) is 0 Å². The highest BCUT2D eigenvalue weighted by molar-refractivity contribution is 5.76. The predicted octanol–water partition coefficient (Wildman–Crippen LogP) is 1.59. The zero-order valence-electron chi connectivity index (χ0n) is 9.85. The third-order valence-electron chi connectivity index (χ3n) is 3.04. The van der Waals surface area contributed by atoms with Crippen molar-refractivity contribution in [3.63, 3.8) is 0 Å². The van der Waals surface area contributed by atoms with Crippen LogP contribution in [0.4, 0.5) is 0 Å². The van der Waals surface area contributed by atoms with E-state index in [2.05, 4.69) is 5.10 Å². The Morgan fingerprint density at radius 3 is 2.75 bits per heavy atom. The van der Waals surface area contributed by atoms with E-state index in [1.165, 1.54) is 6.42 Å². The van der Waals surface area contributed by atoms with E-state index in [0.29, 0.717) is 13.0 Å². The second-order valence-corrected chi connectivity index (χ2v) is 4.41. The maximum atomic E-state index is 11.9. The van der Waals surface area contributed by atoms with Crippen molar-refractivity contribution in [3.8, 4) is 0 Å². The molecule has 4 heteroatoms. The van der Waals surface area contributed by atoms with E-state index in [4.69, 9.17) is 0 Å². The number of likely N-dealkylation sites (tertiary alicyclic amines) is 1. The minimum absolute atomic E-state index is 0.271. The number of aryl methyl sites for hydroxylation is 2.